The molecule has 0 unspecified atom stereocenters. The highest BCUT2D eigenvalue weighted by Crippen LogP contribution is 2.27. The van der Waals surface area contributed by atoms with Gasteiger partial charge in [0.05, 0.1) is 30.6 Å². The maximum atomic E-state index is 12.3. The minimum Gasteiger partial charge on any atom is -0.497 e. The Morgan fingerprint density at radius 1 is 1.12 bits per heavy atom. The first-order chi connectivity index (χ1) is 12.7. The Morgan fingerprint density at radius 2 is 1.88 bits per heavy atom. The summed E-state index contributed by atoms with van der Waals surface area (Å²) < 4.78 is 5.12. The molecule has 0 bridgehead atoms. The molecule has 0 saturated carbocycles. The first kappa shape index (κ1) is 16.1. The van der Waals surface area contributed by atoms with Crippen molar-refractivity contribution in [2.45, 2.75) is 13.5 Å². The molecule has 0 radical (unpaired) electrons. The molecule has 0 aliphatic heterocycles. The molecule has 1 amide bonds. The molecule has 4 aromatic rings. The van der Waals surface area contributed by atoms with Gasteiger partial charge in [-0.1, -0.05) is 18.2 Å². The van der Waals surface area contributed by atoms with Gasteiger partial charge in [-0.05, 0) is 43.3 Å². The predicted molar refractivity (Wildman–Crippen MR) is 103 cm³/mol. The van der Waals surface area contributed by atoms with Gasteiger partial charge in [0.2, 0.25) is 0 Å². The van der Waals surface area contributed by atoms with Crippen LogP contribution in [0.5, 0.6) is 5.75 Å². The number of aromatic nitrogens is 2. The number of carbonyl (C=O) groups excluding carboxylic acids is 1. The van der Waals surface area contributed by atoms with E-state index in [1.54, 1.807) is 31.4 Å². The van der Waals surface area contributed by atoms with Crippen LogP contribution in [-0.2, 0) is 6.54 Å². The number of hydrogen-bond acceptors (Lipinski definition) is 3. The number of H-pyrrole nitrogens is 1. The van der Waals surface area contributed by atoms with E-state index in [0.29, 0.717) is 12.1 Å². The van der Waals surface area contributed by atoms with Gasteiger partial charge in [-0.15, -0.1) is 0 Å². The number of aryl methyl sites for hydroxylation is 1. The molecule has 0 aliphatic carbocycles. The molecular formula is C21H19N3O2. The molecule has 0 spiro atoms. The summed E-state index contributed by atoms with van der Waals surface area (Å²) in [6, 6.07) is 17.3. The molecule has 2 heterocycles. The Bertz CT molecular complexity index is 1100. The maximum absolute atomic E-state index is 12.3. The second-order valence-electron chi connectivity index (χ2n) is 6.20. The van der Waals surface area contributed by atoms with Crippen molar-refractivity contribution < 1.29 is 9.53 Å². The lowest BCUT2D eigenvalue weighted by atomic mass is 10.1. The third kappa shape index (κ3) is 2.88. The van der Waals surface area contributed by atoms with E-state index in [-0.39, 0.29) is 5.91 Å². The minimum absolute atomic E-state index is 0.133. The van der Waals surface area contributed by atoms with Gasteiger partial charge in [0.15, 0.2) is 0 Å². The Balaban J connectivity index is 1.58. The second-order valence-corrected chi connectivity index (χ2v) is 6.20. The number of para-hydroxylation sites is 1. The smallest absolute Gasteiger partial charge is 0.251 e. The lowest BCUT2D eigenvalue weighted by Crippen LogP contribution is -2.23. The van der Waals surface area contributed by atoms with Crippen LogP contribution < -0.4 is 10.1 Å². The Kier molecular flexibility index (Phi) is 4.05. The fourth-order valence-electron chi connectivity index (χ4n) is 3.17. The van der Waals surface area contributed by atoms with Gasteiger partial charge in [0.1, 0.15) is 5.75 Å². The molecule has 2 aromatic heterocycles. The molecule has 5 nitrogen and oxygen atoms in total. The molecular weight excluding hydrogens is 326 g/mol. The van der Waals surface area contributed by atoms with Crippen molar-refractivity contribution in [1.29, 1.82) is 0 Å². The number of hydrogen-bond donors (Lipinski definition) is 2. The van der Waals surface area contributed by atoms with Crippen molar-refractivity contribution in [1.82, 2.24) is 15.3 Å². The highest BCUT2D eigenvalue weighted by Gasteiger charge is 2.11. The SMILES string of the molecule is COc1ccc(C(=O)NCc2cc3c([nH]c4ccccc43)c(C)n2)cc1. The summed E-state index contributed by atoms with van der Waals surface area (Å²) in [6.45, 7) is 2.35. The lowest BCUT2D eigenvalue weighted by molar-refractivity contribution is 0.0950. The fourth-order valence-corrected chi connectivity index (χ4v) is 3.17. The van der Waals surface area contributed by atoms with Crippen molar-refractivity contribution >= 4 is 27.7 Å². The number of benzene rings is 2. The molecule has 4 rings (SSSR count). The van der Waals surface area contributed by atoms with Crippen LogP contribution in [0.2, 0.25) is 0 Å². The third-order valence-corrected chi connectivity index (χ3v) is 4.51. The molecule has 5 heteroatoms. The van der Waals surface area contributed by atoms with E-state index >= 15 is 0 Å². The van der Waals surface area contributed by atoms with E-state index in [2.05, 4.69) is 27.4 Å². The van der Waals surface area contributed by atoms with E-state index in [1.165, 1.54) is 0 Å². The van der Waals surface area contributed by atoms with Gasteiger partial charge in [0, 0.05) is 21.9 Å². The Labute approximate surface area is 151 Å². The van der Waals surface area contributed by atoms with Gasteiger partial charge in [0.25, 0.3) is 5.91 Å². The number of methoxy groups -OCH3 is 1. The molecule has 0 fully saturated rings. The lowest BCUT2D eigenvalue weighted by Gasteiger charge is -2.07. The first-order valence-corrected chi connectivity index (χ1v) is 8.45. The zero-order valence-electron chi connectivity index (χ0n) is 14.7. The zero-order chi connectivity index (χ0) is 18.1. The first-order valence-electron chi connectivity index (χ1n) is 8.45. The monoisotopic (exact) mass is 345 g/mol. The van der Waals surface area contributed by atoms with Crippen LogP contribution in [0.15, 0.2) is 54.6 Å². The summed E-state index contributed by atoms with van der Waals surface area (Å²) in [5, 5.41) is 5.22. The van der Waals surface area contributed by atoms with E-state index in [0.717, 1.165) is 38.9 Å². The van der Waals surface area contributed by atoms with Gasteiger partial charge in [-0.2, -0.15) is 0 Å². The molecule has 0 aliphatic rings. The van der Waals surface area contributed by atoms with Gasteiger partial charge >= 0.3 is 0 Å². The van der Waals surface area contributed by atoms with E-state index in [9.17, 15) is 4.79 Å². The number of pyridine rings is 1. The number of nitrogens with one attached hydrogen (secondary N) is 2. The minimum atomic E-state index is -0.133. The van der Waals surface area contributed by atoms with Crippen LogP contribution in [-0.4, -0.2) is 23.0 Å². The average Bonchev–Trinajstić information content (AvgIpc) is 3.06. The van der Waals surface area contributed by atoms with E-state index < -0.39 is 0 Å². The summed E-state index contributed by atoms with van der Waals surface area (Å²) in [5.74, 6) is 0.592. The van der Waals surface area contributed by atoms with Crippen molar-refractivity contribution in [3.8, 4) is 5.75 Å². The number of nitrogens with zero attached hydrogens (tertiary/aromatic N) is 1. The number of ether oxygens (including phenoxy) is 1. The predicted octanol–water partition coefficient (Wildman–Crippen LogP) is 3.96. The number of carbonyl (C=O) groups is 1. The molecule has 130 valence electrons. The highest BCUT2D eigenvalue weighted by atomic mass is 16.5. The molecule has 26 heavy (non-hydrogen) atoms. The van der Waals surface area contributed by atoms with E-state index in [4.69, 9.17) is 4.74 Å². The molecule has 0 atom stereocenters. The van der Waals surface area contributed by atoms with Crippen LogP contribution in [0.1, 0.15) is 21.7 Å². The summed E-state index contributed by atoms with van der Waals surface area (Å²) in [4.78, 5) is 20.4. The van der Waals surface area contributed by atoms with Crippen molar-refractivity contribution in [2.24, 2.45) is 0 Å². The third-order valence-electron chi connectivity index (χ3n) is 4.51. The highest BCUT2D eigenvalue weighted by molar-refractivity contribution is 6.07. The van der Waals surface area contributed by atoms with Gasteiger partial charge in [-0.25, -0.2) is 0 Å². The standard InChI is InChI=1S/C21H19N3O2/c1-13-20-18(17-5-3-4-6-19(17)24-20)11-15(23-13)12-22-21(25)14-7-9-16(26-2)10-8-14/h3-11,24H,12H2,1-2H3,(H,22,25). The molecule has 2 aromatic carbocycles. The number of amides is 1. The summed E-state index contributed by atoms with van der Waals surface area (Å²) in [7, 11) is 1.60. The summed E-state index contributed by atoms with van der Waals surface area (Å²) in [6.07, 6.45) is 0. The molecule has 2 N–H and O–H groups in total. The van der Waals surface area contributed by atoms with E-state index in [1.807, 2.05) is 25.1 Å². The Morgan fingerprint density at radius 3 is 2.65 bits per heavy atom. The second kappa shape index (κ2) is 6.52. The quantitative estimate of drug-likeness (QED) is 0.588. The topological polar surface area (TPSA) is 67.0 Å². The summed E-state index contributed by atoms with van der Waals surface area (Å²) in [5.41, 5.74) is 4.48. The normalized spacial score (nSPS) is 11.0. The van der Waals surface area contributed by atoms with Crippen molar-refractivity contribution in [3.63, 3.8) is 0 Å². The number of fused-ring (bicyclic) bond motifs is 3. The van der Waals surface area contributed by atoms with Crippen LogP contribution >= 0.6 is 0 Å². The van der Waals surface area contributed by atoms with Crippen molar-refractivity contribution in [3.05, 3.63) is 71.5 Å². The average molecular weight is 345 g/mol. The largest absolute Gasteiger partial charge is 0.497 e. The van der Waals surface area contributed by atoms with Crippen LogP contribution in [0, 0.1) is 6.92 Å². The van der Waals surface area contributed by atoms with Crippen molar-refractivity contribution in [2.75, 3.05) is 7.11 Å². The molecule has 0 saturated heterocycles. The Hall–Kier alpha value is -3.34. The number of aromatic amines is 1. The van der Waals surface area contributed by atoms with Crippen LogP contribution in [0.4, 0.5) is 0 Å². The van der Waals surface area contributed by atoms with Crippen LogP contribution in [0.25, 0.3) is 21.8 Å². The fraction of sp³-hybridized carbons (Fsp3) is 0.143. The van der Waals surface area contributed by atoms with Gasteiger partial charge < -0.3 is 15.0 Å². The number of rotatable bonds is 4. The van der Waals surface area contributed by atoms with Crippen LogP contribution in [0.3, 0.4) is 0 Å². The van der Waals surface area contributed by atoms with Gasteiger partial charge in [-0.3, -0.25) is 9.78 Å². The maximum Gasteiger partial charge on any atom is 0.251 e. The summed E-state index contributed by atoms with van der Waals surface area (Å²) >= 11 is 0. The zero-order valence-corrected chi connectivity index (χ0v) is 14.7.